The smallest absolute Gasteiger partial charge is 0.244 e. The van der Waals surface area contributed by atoms with Crippen LogP contribution in [0.3, 0.4) is 0 Å². The van der Waals surface area contributed by atoms with Crippen LogP contribution in [0, 0.1) is 5.82 Å². The summed E-state index contributed by atoms with van der Waals surface area (Å²) >= 11 is 0. The van der Waals surface area contributed by atoms with Gasteiger partial charge in [0.1, 0.15) is 18.4 Å². The molecule has 0 aromatic heterocycles. The topological polar surface area (TPSA) is 86.8 Å². The van der Waals surface area contributed by atoms with E-state index >= 15 is 0 Å². The molecule has 0 spiro atoms. The maximum atomic E-state index is 14.7. The summed E-state index contributed by atoms with van der Waals surface area (Å²) in [7, 11) is -3.84. The molecule has 3 aromatic carbocycles. The van der Waals surface area contributed by atoms with Crippen molar-refractivity contribution in [3.05, 3.63) is 102 Å². The van der Waals surface area contributed by atoms with Crippen molar-refractivity contribution in [3.8, 4) is 0 Å². The zero-order chi connectivity index (χ0) is 27.7. The highest BCUT2D eigenvalue weighted by Crippen LogP contribution is 2.21. The number of benzene rings is 3. The molecule has 1 N–H and O–H groups in total. The highest BCUT2D eigenvalue weighted by Gasteiger charge is 2.33. The van der Waals surface area contributed by atoms with Gasteiger partial charge < -0.3 is 10.2 Å². The zero-order valence-electron chi connectivity index (χ0n) is 21.9. The second-order valence-corrected chi connectivity index (χ2v) is 11.1. The zero-order valence-corrected chi connectivity index (χ0v) is 22.7. The van der Waals surface area contributed by atoms with Crippen molar-refractivity contribution < 1.29 is 22.4 Å². The van der Waals surface area contributed by atoms with Gasteiger partial charge in [0.2, 0.25) is 21.8 Å². The number of carbonyl (C=O) groups is 2. The molecule has 3 aromatic rings. The molecular formula is C29H34FN3O4S. The average Bonchev–Trinajstić information content (AvgIpc) is 2.90. The Morgan fingerprint density at radius 2 is 1.50 bits per heavy atom. The third-order valence-corrected chi connectivity index (χ3v) is 7.43. The van der Waals surface area contributed by atoms with Crippen molar-refractivity contribution in [1.29, 1.82) is 0 Å². The summed E-state index contributed by atoms with van der Waals surface area (Å²) in [6.45, 7) is 3.05. The Balaban J connectivity index is 2.05. The molecule has 0 saturated heterocycles. The Labute approximate surface area is 224 Å². The van der Waals surface area contributed by atoms with Crippen LogP contribution in [0.15, 0.2) is 84.9 Å². The van der Waals surface area contributed by atoms with Gasteiger partial charge in [-0.05, 0) is 37.1 Å². The summed E-state index contributed by atoms with van der Waals surface area (Å²) in [6, 6.07) is 22.4. The van der Waals surface area contributed by atoms with Crippen LogP contribution in [0.5, 0.6) is 0 Å². The number of anilines is 1. The number of hydrogen-bond acceptors (Lipinski definition) is 4. The lowest BCUT2D eigenvalue weighted by atomic mass is 10.0. The minimum atomic E-state index is -3.84. The number of halogens is 1. The van der Waals surface area contributed by atoms with Gasteiger partial charge in [0.15, 0.2) is 0 Å². The van der Waals surface area contributed by atoms with Gasteiger partial charge in [0.25, 0.3) is 0 Å². The van der Waals surface area contributed by atoms with E-state index in [1.807, 2.05) is 44.2 Å². The maximum absolute atomic E-state index is 14.7. The SMILES string of the molecule is CC[C@@H](C)NC(=O)[C@H](Cc1ccccc1)N(Cc1ccccc1F)C(=O)CN(c1ccccc1)S(C)(=O)=O. The van der Waals surface area contributed by atoms with Gasteiger partial charge in [-0.25, -0.2) is 12.8 Å². The van der Waals surface area contributed by atoms with E-state index in [2.05, 4.69) is 5.32 Å². The first-order chi connectivity index (χ1) is 18.1. The molecule has 0 aliphatic rings. The molecule has 2 atom stereocenters. The van der Waals surface area contributed by atoms with Crippen LogP contribution in [0.25, 0.3) is 0 Å². The van der Waals surface area contributed by atoms with E-state index in [1.165, 1.54) is 11.0 Å². The Morgan fingerprint density at radius 3 is 2.08 bits per heavy atom. The molecule has 2 amide bonds. The summed E-state index contributed by atoms with van der Waals surface area (Å²) in [6.07, 6.45) is 1.88. The number of para-hydroxylation sites is 1. The largest absolute Gasteiger partial charge is 0.352 e. The monoisotopic (exact) mass is 539 g/mol. The van der Waals surface area contributed by atoms with E-state index < -0.39 is 40.2 Å². The van der Waals surface area contributed by atoms with Crippen LogP contribution in [0.2, 0.25) is 0 Å². The van der Waals surface area contributed by atoms with Gasteiger partial charge in [-0.3, -0.25) is 13.9 Å². The second kappa shape index (κ2) is 13.2. The molecule has 0 unspecified atom stereocenters. The van der Waals surface area contributed by atoms with Crippen LogP contribution in [-0.4, -0.2) is 50.0 Å². The van der Waals surface area contributed by atoms with Crippen molar-refractivity contribution in [2.45, 2.75) is 45.3 Å². The van der Waals surface area contributed by atoms with Crippen molar-refractivity contribution in [2.24, 2.45) is 0 Å². The molecule has 7 nitrogen and oxygen atoms in total. The number of sulfonamides is 1. The molecule has 3 rings (SSSR count). The summed E-state index contributed by atoms with van der Waals surface area (Å²) in [4.78, 5) is 28.7. The highest BCUT2D eigenvalue weighted by molar-refractivity contribution is 7.92. The van der Waals surface area contributed by atoms with Crippen LogP contribution < -0.4 is 9.62 Å². The van der Waals surface area contributed by atoms with Gasteiger partial charge in [0, 0.05) is 24.6 Å². The van der Waals surface area contributed by atoms with Crippen LogP contribution >= 0.6 is 0 Å². The van der Waals surface area contributed by atoms with E-state index in [4.69, 9.17) is 0 Å². The maximum Gasteiger partial charge on any atom is 0.244 e. The predicted molar refractivity (Wildman–Crippen MR) is 147 cm³/mol. The standard InChI is InChI=1S/C29H34FN3O4S/c1-4-22(2)31-29(35)27(19-23-13-7-5-8-14-23)32(20-24-15-11-12-18-26(24)30)28(34)21-33(38(3,36)37)25-16-9-6-10-17-25/h5-18,22,27H,4,19-21H2,1-3H3,(H,31,35)/t22-,27+/m1/s1. The fraction of sp³-hybridized carbons (Fsp3) is 0.310. The molecule has 0 aliphatic heterocycles. The third kappa shape index (κ3) is 7.89. The summed E-state index contributed by atoms with van der Waals surface area (Å²) < 4.78 is 41.1. The van der Waals surface area contributed by atoms with E-state index in [0.29, 0.717) is 12.1 Å². The van der Waals surface area contributed by atoms with Crippen LogP contribution in [0.1, 0.15) is 31.4 Å². The lowest BCUT2D eigenvalue weighted by molar-refractivity contribution is -0.140. The summed E-state index contributed by atoms with van der Waals surface area (Å²) in [5.41, 5.74) is 1.35. The number of nitrogens with one attached hydrogen (secondary N) is 1. The minimum absolute atomic E-state index is 0.150. The van der Waals surface area contributed by atoms with Gasteiger partial charge >= 0.3 is 0 Å². The molecule has 0 radical (unpaired) electrons. The Hall–Kier alpha value is -3.72. The van der Waals surface area contributed by atoms with Gasteiger partial charge in [-0.1, -0.05) is 73.7 Å². The van der Waals surface area contributed by atoms with Gasteiger partial charge in [-0.2, -0.15) is 0 Å². The van der Waals surface area contributed by atoms with Crippen molar-refractivity contribution in [3.63, 3.8) is 0 Å². The molecule has 38 heavy (non-hydrogen) atoms. The first-order valence-electron chi connectivity index (χ1n) is 12.5. The Bertz CT molecular complexity index is 1320. The third-order valence-electron chi connectivity index (χ3n) is 6.29. The van der Waals surface area contributed by atoms with E-state index in [-0.39, 0.29) is 24.6 Å². The quantitative estimate of drug-likeness (QED) is 0.375. The Kier molecular flexibility index (Phi) is 10.0. The normalized spacial score (nSPS) is 12.8. The molecule has 0 saturated carbocycles. The van der Waals surface area contributed by atoms with E-state index in [1.54, 1.807) is 48.5 Å². The first-order valence-corrected chi connectivity index (χ1v) is 14.3. The fourth-order valence-corrected chi connectivity index (χ4v) is 4.86. The first kappa shape index (κ1) is 28.8. The molecule has 0 fully saturated rings. The number of amides is 2. The molecule has 202 valence electrons. The van der Waals surface area contributed by atoms with E-state index in [0.717, 1.165) is 16.1 Å². The average molecular weight is 540 g/mol. The molecular weight excluding hydrogens is 505 g/mol. The second-order valence-electron chi connectivity index (χ2n) is 9.24. The summed E-state index contributed by atoms with van der Waals surface area (Å²) in [5.74, 6) is -1.53. The fourth-order valence-electron chi connectivity index (χ4n) is 4.01. The molecule has 0 heterocycles. The van der Waals surface area contributed by atoms with Crippen molar-refractivity contribution >= 4 is 27.5 Å². The van der Waals surface area contributed by atoms with Crippen molar-refractivity contribution in [1.82, 2.24) is 10.2 Å². The van der Waals surface area contributed by atoms with Crippen molar-refractivity contribution in [2.75, 3.05) is 17.1 Å². The van der Waals surface area contributed by atoms with Gasteiger partial charge in [0.05, 0.1) is 11.9 Å². The number of rotatable bonds is 12. The Morgan fingerprint density at radius 1 is 0.921 bits per heavy atom. The number of carbonyl (C=O) groups excluding carboxylic acids is 2. The lowest BCUT2D eigenvalue weighted by Gasteiger charge is -2.34. The lowest BCUT2D eigenvalue weighted by Crippen LogP contribution is -2.54. The molecule has 0 aliphatic carbocycles. The van der Waals surface area contributed by atoms with Crippen LogP contribution in [0.4, 0.5) is 10.1 Å². The highest BCUT2D eigenvalue weighted by atomic mass is 32.2. The number of nitrogens with zero attached hydrogens (tertiary/aromatic N) is 2. The van der Waals surface area contributed by atoms with E-state index in [9.17, 15) is 22.4 Å². The summed E-state index contributed by atoms with van der Waals surface area (Å²) in [5, 5.41) is 2.94. The molecule has 0 bridgehead atoms. The van der Waals surface area contributed by atoms with Gasteiger partial charge in [-0.15, -0.1) is 0 Å². The van der Waals surface area contributed by atoms with Crippen LogP contribution in [-0.2, 0) is 32.6 Å². The predicted octanol–water partition coefficient (Wildman–Crippen LogP) is 4.15. The molecule has 9 heteroatoms. The minimum Gasteiger partial charge on any atom is -0.352 e. The number of hydrogen-bond donors (Lipinski definition) is 1.